The summed E-state index contributed by atoms with van der Waals surface area (Å²) >= 11 is 0. The second-order valence-corrected chi connectivity index (χ2v) is 6.27. The Bertz CT molecular complexity index is 951. The van der Waals surface area contributed by atoms with E-state index in [1.165, 1.54) is 22.7 Å². The van der Waals surface area contributed by atoms with E-state index in [9.17, 15) is 4.79 Å². The van der Waals surface area contributed by atoms with E-state index < -0.39 is 0 Å². The zero-order valence-corrected chi connectivity index (χ0v) is 15.9. The van der Waals surface area contributed by atoms with Crippen molar-refractivity contribution in [1.29, 1.82) is 0 Å². The lowest BCUT2D eigenvalue weighted by Crippen LogP contribution is -2.25. The minimum absolute atomic E-state index is 0.133. The van der Waals surface area contributed by atoms with Gasteiger partial charge in [-0.2, -0.15) is 0 Å². The topological polar surface area (TPSA) is 52.5 Å². The van der Waals surface area contributed by atoms with Gasteiger partial charge in [-0.05, 0) is 48.2 Å². The highest BCUT2D eigenvalue weighted by Gasteiger charge is 2.05. The molecule has 0 aliphatic rings. The summed E-state index contributed by atoms with van der Waals surface area (Å²) in [5, 5.41) is 4.15. The van der Waals surface area contributed by atoms with Crippen LogP contribution in [0.2, 0.25) is 0 Å². The van der Waals surface area contributed by atoms with Crippen molar-refractivity contribution in [3.8, 4) is 11.5 Å². The molecule has 1 heterocycles. The summed E-state index contributed by atoms with van der Waals surface area (Å²) in [5.41, 5.74) is 3.21. The number of hydrogen-bond donors (Lipinski definition) is 1. The van der Waals surface area contributed by atoms with Crippen LogP contribution >= 0.6 is 0 Å². The number of carbonyl (C=O) groups is 1. The van der Waals surface area contributed by atoms with Gasteiger partial charge in [0.1, 0.15) is 11.5 Å². The van der Waals surface area contributed by atoms with Crippen LogP contribution in [-0.2, 0) is 11.3 Å². The summed E-state index contributed by atoms with van der Waals surface area (Å²) in [6.07, 6.45) is 3.27. The molecule has 0 aliphatic carbocycles. The number of fused-ring (bicyclic) bond motifs is 1. The molecule has 0 saturated carbocycles. The minimum Gasteiger partial charge on any atom is -0.497 e. The predicted octanol–water partition coefficient (Wildman–Crippen LogP) is 3.80. The van der Waals surface area contributed by atoms with E-state index in [4.69, 9.17) is 9.47 Å². The van der Waals surface area contributed by atoms with Crippen LogP contribution in [0, 0.1) is 6.92 Å². The average Bonchev–Trinajstić information content (AvgIpc) is 3.01. The first-order chi connectivity index (χ1) is 13.1. The quantitative estimate of drug-likeness (QED) is 0.649. The monoisotopic (exact) mass is 364 g/mol. The largest absolute Gasteiger partial charge is 0.497 e. The molecule has 0 saturated heterocycles. The third-order valence-corrected chi connectivity index (χ3v) is 4.45. The summed E-state index contributed by atoms with van der Waals surface area (Å²) in [7, 11) is 3.20. The van der Waals surface area contributed by atoms with Crippen molar-refractivity contribution in [2.45, 2.75) is 13.5 Å². The molecule has 2 aromatic carbocycles. The van der Waals surface area contributed by atoms with Crippen LogP contribution in [0.15, 0.2) is 54.6 Å². The number of amides is 1. The highest BCUT2D eigenvalue weighted by Crippen LogP contribution is 2.23. The van der Waals surface area contributed by atoms with Crippen LogP contribution in [0.25, 0.3) is 17.0 Å². The molecule has 0 bridgehead atoms. The maximum atomic E-state index is 12.1. The summed E-state index contributed by atoms with van der Waals surface area (Å²) in [6, 6.07) is 15.9. The van der Waals surface area contributed by atoms with E-state index >= 15 is 0 Å². The zero-order chi connectivity index (χ0) is 19.2. The molecule has 0 radical (unpaired) electrons. The summed E-state index contributed by atoms with van der Waals surface area (Å²) in [5.74, 6) is 1.24. The van der Waals surface area contributed by atoms with Crippen LogP contribution in [0.4, 0.5) is 0 Å². The second-order valence-electron chi connectivity index (χ2n) is 6.27. The molecule has 0 atom stereocenters. The smallest absolute Gasteiger partial charge is 0.244 e. The summed E-state index contributed by atoms with van der Waals surface area (Å²) < 4.78 is 12.7. The van der Waals surface area contributed by atoms with Gasteiger partial charge in [0.05, 0.1) is 14.2 Å². The fourth-order valence-electron chi connectivity index (χ4n) is 3.09. The van der Waals surface area contributed by atoms with Crippen molar-refractivity contribution < 1.29 is 14.3 Å². The molecule has 5 nitrogen and oxygen atoms in total. The fourth-order valence-corrected chi connectivity index (χ4v) is 3.09. The number of benzene rings is 2. The van der Waals surface area contributed by atoms with Gasteiger partial charge in [0.2, 0.25) is 5.91 Å². The molecule has 3 rings (SSSR count). The van der Waals surface area contributed by atoms with Crippen LogP contribution in [0.1, 0.15) is 11.3 Å². The predicted molar refractivity (Wildman–Crippen MR) is 108 cm³/mol. The number of methoxy groups -OCH3 is 2. The molecule has 0 spiro atoms. The van der Waals surface area contributed by atoms with Gasteiger partial charge >= 0.3 is 0 Å². The maximum absolute atomic E-state index is 12.1. The molecule has 5 heteroatoms. The molecule has 1 aromatic heterocycles. The lowest BCUT2D eigenvalue weighted by Gasteiger charge is -2.09. The molecule has 140 valence electrons. The van der Waals surface area contributed by atoms with Gasteiger partial charge in [0, 0.05) is 36.4 Å². The molecule has 0 fully saturated rings. The Morgan fingerprint density at radius 1 is 1.07 bits per heavy atom. The minimum atomic E-state index is -0.133. The number of hydrogen-bond acceptors (Lipinski definition) is 3. The molecule has 1 amide bonds. The van der Waals surface area contributed by atoms with E-state index in [1.807, 2.05) is 24.3 Å². The molecular weight excluding hydrogens is 340 g/mol. The number of rotatable bonds is 7. The van der Waals surface area contributed by atoms with Gasteiger partial charge in [-0.1, -0.05) is 18.2 Å². The SMILES string of the molecule is COc1cc(/C=C/C(=O)NCCn2c(C)cc3ccccc32)cc(OC)c1. The van der Waals surface area contributed by atoms with Crippen molar-refractivity contribution in [2.24, 2.45) is 0 Å². The van der Waals surface area contributed by atoms with Crippen molar-refractivity contribution >= 4 is 22.9 Å². The Kier molecular flexibility index (Phi) is 5.81. The highest BCUT2D eigenvalue weighted by molar-refractivity contribution is 5.91. The van der Waals surface area contributed by atoms with E-state index in [-0.39, 0.29) is 5.91 Å². The van der Waals surface area contributed by atoms with E-state index in [2.05, 4.69) is 35.0 Å². The third kappa shape index (κ3) is 4.50. The number of ether oxygens (including phenoxy) is 2. The van der Waals surface area contributed by atoms with Crippen LogP contribution in [0.5, 0.6) is 11.5 Å². The molecule has 3 aromatic rings. The number of carbonyl (C=O) groups excluding carboxylic acids is 1. The van der Waals surface area contributed by atoms with E-state index in [0.717, 1.165) is 12.1 Å². The lowest BCUT2D eigenvalue weighted by molar-refractivity contribution is -0.116. The van der Waals surface area contributed by atoms with Crippen molar-refractivity contribution in [3.05, 3.63) is 65.9 Å². The van der Waals surface area contributed by atoms with Crippen LogP contribution in [0.3, 0.4) is 0 Å². The highest BCUT2D eigenvalue weighted by atomic mass is 16.5. The molecule has 0 aliphatic heterocycles. The van der Waals surface area contributed by atoms with E-state index in [1.54, 1.807) is 26.4 Å². The van der Waals surface area contributed by atoms with Crippen LogP contribution < -0.4 is 14.8 Å². The molecule has 1 N–H and O–H groups in total. The first-order valence-electron chi connectivity index (χ1n) is 8.84. The Morgan fingerprint density at radius 3 is 2.48 bits per heavy atom. The summed E-state index contributed by atoms with van der Waals surface area (Å²) in [4.78, 5) is 12.1. The van der Waals surface area contributed by atoms with Gasteiger partial charge < -0.3 is 19.4 Å². The van der Waals surface area contributed by atoms with Gasteiger partial charge in [-0.15, -0.1) is 0 Å². The van der Waals surface area contributed by atoms with E-state index in [0.29, 0.717) is 18.0 Å². The molecule has 27 heavy (non-hydrogen) atoms. The van der Waals surface area contributed by atoms with Crippen molar-refractivity contribution in [1.82, 2.24) is 9.88 Å². The summed E-state index contributed by atoms with van der Waals surface area (Å²) in [6.45, 7) is 3.37. The normalized spacial score (nSPS) is 11.1. The van der Waals surface area contributed by atoms with Crippen molar-refractivity contribution in [3.63, 3.8) is 0 Å². The Balaban J connectivity index is 1.60. The zero-order valence-electron chi connectivity index (χ0n) is 15.9. The Hall–Kier alpha value is -3.21. The van der Waals surface area contributed by atoms with Crippen LogP contribution in [-0.4, -0.2) is 31.2 Å². The second kappa shape index (κ2) is 8.45. The number of nitrogens with zero attached hydrogens (tertiary/aromatic N) is 1. The Labute approximate surface area is 159 Å². The first kappa shape index (κ1) is 18.6. The average molecular weight is 364 g/mol. The van der Waals surface area contributed by atoms with Gasteiger partial charge in [0.25, 0.3) is 0 Å². The van der Waals surface area contributed by atoms with Gasteiger partial charge in [-0.3, -0.25) is 4.79 Å². The maximum Gasteiger partial charge on any atom is 0.244 e. The van der Waals surface area contributed by atoms with Gasteiger partial charge in [0.15, 0.2) is 0 Å². The third-order valence-electron chi connectivity index (χ3n) is 4.45. The molecular formula is C22H24N2O3. The number of aromatic nitrogens is 1. The fraction of sp³-hybridized carbons (Fsp3) is 0.227. The number of para-hydroxylation sites is 1. The molecule has 0 unspecified atom stereocenters. The number of nitrogens with one attached hydrogen (secondary N) is 1. The standard InChI is InChI=1S/C22H24N2O3/c1-16-12-18-6-4-5-7-21(18)24(16)11-10-23-22(25)9-8-17-13-19(26-2)15-20(14-17)27-3/h4-9,12-15H,10-11H2,1-3H3,(H,23,25)/b9-8+. The number of aryl methyl sites for hydroxylation is 1. The Morgan fingerprint density at radius 2 is 1.78 bits per heavy atom. The van der Waals surface area contributed by atoms with Crippen molar-refractivity contribution in [2.75, 3.05) is 20.8 Å². The first-order valence-corrected chi connectivity index (χ1v) is 8.84. The van der Waals surface area contributed by atoms with Gasteiger partial charge in [-0.25, -0.2) is 0 Å². The lowest BCUT2D eigenvalue weighted by atomic mass is 10.2.